The van der Waals surface area contributed by atoms with E-state index >= 15 is 0 Å². The Bertz CT molecular complexity index is 200. The van der Waals surface area contributed by atoms with Gasteiger partial charge in [0.15, 0.2) is 0 Å². The first kappa shape index (κ1) is 14.5. The SMILES string of the molecule is CCCCCCCCC(=O)NC1CCCNC1. The van der Waals surface area contributed by atoms with Crippen LogP contribution in [0.3, 0.4) is 0 Å². The molecule has 1 amide bonds. The fourth-order valence-corrected chi connectivity index (χ4v) is 2.34. The summed E-state index contributed by atoms with van der Waals surface area (Å²) in [4.78, 5) is 11.7. The number of hydrogen-bond donors (Lipinski definition) is 2. The molecule has 3 heteroatoms. The molecule has 0 saturated carbocycles. The van der Waals surface area contributed by atoms with Crippen LogP contribution in [-0.2, 0) is 4.79 Å². The molecule has 1 aliphatic rings. The number of amides is 1. The highest BCUT2D eigenvalue weighted by atomic mass is 16.1. The number of carbonyl (C=O) groups is 1. The summed E-state index contributed by atoms with van der Waals surface area (Å²) in [5.41, 5.74) is 0. The van der Waals surface area contributed by atoms with E-state index in [1.807, 2.05) is 0 Å². The van der Waals surface area contributed by atoms with Crippen LogP contribution in [-0.4, -0.2) is 25.0 Å². The molecule has 1 unspecified atom stereocenters. The van der Waals surface area contributed by atoms with Gasteiger partial charge in [0.1, 0.15) is 0 Å². The summed E-state index contributed by atoms with van der Waals surface area (Å²) in [6.45, 7) is 4.28. The van der Waals surface area contributed by atoms with E-state index in [0.29, 0.717) is 12.5 Å². The van der Waals surface area contributed by atoms with Crippen LogP contribution in [0.1, 0.15) is 64.7 Å². The first-order valence-corrected chi connectivity index (χ1v) is 7.33. The Labute approximate surface area is 106 Å². The quantitative estimate of drug-likeness (QED) is 0.640. The van der Waals surface area contributed by atoms with Gasteiger partial charge in [0.05, 0.1) is 0 Å². The van der Waals surface area contributed by atoms with Crippen molar-refractivity contribution in [2.24, 2.45) is 0 Å². The van der Waals surface area contributed by atoms with E-state index in [1.165, 1.54) is 38.5 Å². The first-order valence-electron chi connectivity index (χ1n) is 7.33. The molecule has 1 atom stereocenters. The Balaban J connectivity index is 1.93. The van der Waals surface area contributed by atoms with Crippen molar-refractivity contribution in [1.82, 2.24) is 10.6 Å². The Morgan fingerprint density at radius 1 is 1.24 bits per heavy atom. The van der Waals surface area contributed by atoms with Crippen molar-refractivity contribution >= 4 is 5.91 Å². The normalized spacial score (nSPS) is 20.2. The van der Waals surface area contributed by atoms with Crippen LogP contribution < -0.4 is 10.6 Å². The predicted octanol–water partition coefficient (Wildman–Crippen LogP) is 2.61. The van der Waals surface area contributed by atoms with Crippen LogP contribution in [0.2, 0.25) is 0 Å². The van der Waals surface area contributed by atoms with Crippen LogP contribution in [0.5, 0.6) is 0 Å². The van der Waals surface area contributed by atoms with Gasteiger partial charge in [0, 0.05) is 19.0 Å². The summed E-state index contributed by atoms with van der Waals surface area (Å²) in [7, 11) is 0. The van der Waals surface area contributed by atoms with Gasteiger partial charge in [-0.25, -0.2) is 0 Å². The Hall–Kier alpha value is -0.570. The van der Waals surface area contributed by atoms with Crippen molar-refractivity contribution in [1.29, 1.82) is 0 Å². The maximum Gasteiger partial charge on any atom is 0.220 e. The molecule has 1 fully saturated rings. The van der Waals surface area contributed by atoms with Crippen molar-refractivity contribution in [3.8, 4) is 0 Å². The van der Waals surface area contributed by atoms with Crippen LogP contribution in [0.4, 0.5) is 0 Å². The predicted molar refractivity (Wildman–Crippen MR) is 72.0 cm³/mol. The van der Waals surface area contributed by atoms with Gasteiger partial charge in [0.2, 0.25) is 5.91 Å². The van der Waals surface area contributed by atoms with E-state index in [9.17, 15) is 4.79 Å². The zero-order chi connectivity index (χ0) is 12.3. The minimum absolute atomic E-state index is 0.245. The lowest BCUT2D eigenvalue weighted by Crippen LogP contribution is -2.45. The van der Waals surface area contributed by atoms with Gasteiger partial charge >= 0.3 is 0 Å². The smallest absolute Gasteiger partial charge is 0.220 e. The fourth-order valence-electron chi connectivity index (χ4n) is 2.34. The number of hydrogen-bond acceptors (Lipinski definition) is 2. The van der Waals surface area contributed by atoms with Gasteiger partial charge in [-0.2, -0.15) is 0 Å². The highest BCUT2D eigenvalue weighted by Gasteiger charge is 2.14. The molecule has 0 aromatic carbocycles. The van der Waals surface area contributed by atoms with Gasteiger partial charge < -0.3 is 10.6 Å². The third-order valence-electron chi connectivity index (χ3n) is 3.42. The summed E-state index contributed by atoms with van der Waals surface area (Å²) in [6.07, 6.45) is 10.5. The summed E-state index contributed by atoms with van der Waals surface area (Å²) < 4.78 is 0. The molecule has 3 nitrogen and oxygen atoms in total. The fraction of sp³-hybridized carbons (Fsp3) is 0.929. The standard InChI is InChI=1S/C14H28N2O/c1-2-3-4-5-6-7-10-14(17)16-13-9-8-11-15-12-13/h13,15H,2-12H2,1H3,(H,16,17). The molecule has 17 heavy (non-hydrogen) atoms. The Kier molecular flexibility index (Phi) is 8.06. The minimum atomic E-state index is 0.245. The molecule has 0 aromatic rings. The molecule has 100 valence electrons. The monoisotopic (exact) mass is 240 g/mol. The third kappa shape index (κ3) is 7.37. The van der Waals surface area contributed by atoms with E-state index in [2.05, 4.69) is 17.6 Å². The highest BCUT2D eigenvalue weighted by molar-refractivity contribution is 5.76. The third-order valence-corrected chi connectivity index (χ3v) is 3.42. The van der Waals surface area contributed by atoms with Crippen molar-refractivity contribution in [3.63, 3.8) is 0 Å². The molecule has 1 rings (SSSR count). The topological polar surface area (TPSA) is 41.1 Å². The van der Waals surface area contributed by atoms with E-state index in [4.69, 9.17) is 0 Å². The largest absolute Gasteiger partial charge is 0.352 e. The van der Waals surface area contributed by atoms with Crippen molar-refractivity contribution in [3.05, 3.63) is 0 Å². The van der Waals surface area contributed by atoms with Gasteiger partial charge in [-0.05, 0) is 25.8 Å². The Morgan fingerprint density at radius 3 is 2.71 bits per heavy atom. The first-order chi connectivity index (χ1) is 8.33. The van der Waals surface area contributed by atoms with Crippen LogP contribution in [0.25, 0.3) is 0 Å². The lowest BCUT2D eigenvalue weighted by Gasteiger charge is -2.23. The maximum atomic E-state index is 11.7. The van der Waals surface area contributed by atoms with Gasteiger partial charge in [0.25, 0.3) is 0 Å². The van der Waals surface area contributed by atoms with E-state index in [1.54, 1.807) is 0 Å². The number of unbranched alkanes of at least 4 members (excludes halogenated alkanes) is 5. The number of piperidine rings is 1. The maximum absolute atomic E-state index is 11.7. The molecular formula is C14H28N2O. The van der Waals surface area contributed by atoms with Crippen molar-refractivity contribution < 1.29 is 4.79 Å². The van der Waals surface area contributed by atoms with E-state index in [-0.39, 0.29) is 5.91 Å². The number of carbonyl (C=O) groups excluding carboxylic acids is 1. The number of rotatable bonds is 8. The summed E-state index contributed by atoms with van der Waals surface area (Å²) in [6, 6.07) is 0.372. The molecule has 0 spiro atoms. The molecule has 1 aliphatic heterocycles. The van der Waals surface area contributed by atoms with E-state index in [0.717, 1.165) is 25.9 Å². The van der Waals surface area contributed by atoms with Crippen molar-refractivity contribution in [2.75, 3.05) is 13.1 Å². The summed E-state index contributed by atoms with van der Waals surface area (Å²) >= 11 is 0. The summed E-state index contributed by atoms with van der Waals surface area (Å²) in [5.74, 6) is 0.245. The zero-order valence-corrected chi connectivity index (χ0v) is 11.3. The van der Waals surface area contributed by atoms with Crippen LogP contribution >= 0.6 is 0 Å². The van der Waals surface area contributed by atoms with Crippen LogP contribution in [0.15, 0.2) is 0 Å². The Morgan fingerprint density at radius 2 is 2.00 bits per heavy atom. The second-order valence-electron chi connectivity index (χ2n) is 5.13. The van der Waals surface area contributed by atoms with Gasteiger partial charge in [-0.1, -0.05) is 39.0 Å². The minimum Gasteiger partial charge on any atom is -0.352 e. The molecule has 1 heterocycles. The van der Waals surface area contributed by atoms with E-state index < -0.39 is 0 Å². The lowest BCUT2D eigenvalue weighted by molar-refractivity contribution is -0.122. The molecule has 2 N–H and O–H groups in total. The molecule has 0 radical (unpaired) electrons. The molecule has 0 bridgehead atoms. The van der Waals surface area contributed by atoms with Crippen molar-refractivity contribution in [2.45, 2.75) is 70.8 Å². The number of nitrogens with one attached hydrogen (secondary N) is 2. The van der Waals surface area contributed by atoms with Gasteiger partial charge in [-0.3, -0.25) is 4.79 Å². The highest BCUT2D eigenvalue weighted by Crippen LogP contribution is 2.07. The summed E-state index contributed by atoms with van der Waals surface area (Å²) in [5, 5.41) is 6.44. The lowest BCUT2D eigenvalue weighted by atomic mass is 10.1. The molecule has 0 aliphatic carbocycles. The second kappa shape index (κ2) is 9.46. The molecule has 1 saturated heterocycles. The second-order valence-corrected chi connectivity index (χ2v) is 5.13. The molecule has 0 aromatic heterocycles. The van der Waals surface area contributed by atoms with Crippen LogP contribution in [0, 0.1) is 0 Å². The average Bonchev–Trinajstić information content (AvgIpc) is 2.35. The zero-order valence-electron chi connectivity index (χ0n) is 11.3. The average molecular weight is 240 g/mol. The van der Waals surface area contributed by atoms with Gasteiger partial charge in [-0.15, -0.1) is 0 Å². The molecular weight excluding hydrogens is 212 g/mol.